The summed E-state index contributed by atoms with van der Waals surface area (Å²) in [6.45, 7) is 1.21. The van der Waals surface area contributed by atoms with Crippen molar-refractivity contribution >= 4 is 16.9 Å². The minimum absolute atomic E-state index is 0.473. The van der Waals surface area contributed by atoms with Gasteiger partial charge in [0.2, 0.25) is 0 Å². The number of carbonyl (C=O) groups is 1. The number of aryl methyl sites for hydroxylation is 1. The molecule has 0 spiro atoms. The Labute approximate surface area is 111 Å². The molecule has 100 valence electrons. The zero-order valence-corrected chi connectivity index (χ0v) is 10.9. The Balaban J connectivity index is 2.66. The predicted octanol–water partition coefficient (Wildman–Crippen LogP) is 0.863. The molecule has 0 aliphatic heterocycles. The minimum Gasteiger partial charge on any atom is -0.467 e. The molecule has 1 heterocycles. The lowest BCUT2D eigenvalue weighted by Crippen LogP contribution is -2.49. The summed E-state index contributed by atoms with van der Waals surface area (Å²) in [7, 11) is 1.24. The third-order valence-electron chi connectivity index (χ3n) is 3.19. The molecule has 0 bridgehead atoms. The van der Waals surface area contributed by atoms with E-state index in [4.69, 9.17) is 5.73 Å². The zero-order valence-electron chi connectivity index (χ0n) is 10.9. The highest BCUT2D eigenvalue weighted by atomic mass is 16.5. The van der Waals surface area contributed by atoms with Gasteiger partial charge in [0.05, 0.1) is 19.2 Å². The summed E-state index contributed by atoms with van der Waals surface area (Å²) in [5.41, 5.74) is 6.30. The van der Waals surface area contributed by atoms with Gasteiger partial charge in [0, 0.05) is 16.6 Å². The molecule has 0 unspecified atom stereocenters. The first-order chi connectivity index (χ1) is 9.02. The number of carbonyl (C=O) groups excluding carboxylic acids is 1. The van der Waals surface area contributed by atoms with Crippen molar-refractivity contribution in [2.24, 2.45) is 5.73 Å². The number of hydrogen-bond donors (Lipinski definition) is 2. The molecule has 2 rings (SSSR count). The fraction of sp³-hybridized carbons (Fsp3) is 0.286. The standard InChI is InChI=1S/C14H16N2O3/c1-9-11(14(15,8-17)13(18)19-2)7-10-5-3-4-6-12(10)16-9/h3-7,17H,8,15H2,1-2H3/t14-/m0/s1. The molecule has 0 fully saturated rings. The molecule has 19 heavy (non-hydrogen) atoms. The van der Waals surface area contributed by atoms with Gasteiger partial charge in [0.15, 0.2) is 5.54 Å². The Bertz CT molecular complexity index is 627. The van der Waals surface area contributed by atoms with Gasteiger partial charge >= 0.3 is 5.97 Å². The van der Waals surface area contributed by atoms with Gasteiger partial charge in [-0.2, -0.15) is 0 Å². The molecule has 0 saturated heterocycles. The minimum atomic E-state index is -1.59. The largest absolute Gasteiger partial charge is 0.467 e. The number of aliphatic hydroxyl groups excluding tert-OH is 1. The van der Waals surface area contributed by atoms with Gasteiger partial charge in [-0.15, -0.1) is 0 Å². The highest BCUT2D eigenvalue weighted by Crippen LogP contribution is 2.25. The van der Waals surface area contributed by atoms with Gasteiger partial charge in [-0.1, -0.05) is 18.2 Å². The van der Waals surface area contributed by atoms with Gasteiger partial charge in [0.25, 0.3) is 0 Å². The molecular weight excluding hydrogens is 244 g/mol. The fourth-order valence-corrected chi connectivity index (χ4v) is 2.11. The van der Waals surface area contributed by atoms with E-state index < -0.39 is 18.1 Å². The van der Waals surface area contributed by atoms with Crippen molar-refractivity contribution in [3.8, 4) is 0 Å². The van der Waals surface area contributed by atoms with Crippen molar-refractivity contribution in [2.75, 3.05) is 13.7 Å². The van der Waals surface area contributed by atoms with E-state index >= 15 is 0 Å². The number of nitrogens with two attached hydrogens (primary N) is 1. The maximum atomic E-state index is 11.8. The van der Waals surface area contributed by atoms with Crippen LogP contribution < -0.4 is 5.73 Å². The topological polar surface area (TPSA) is 85.4 Å². The molecule has 0 aliphatic carbocycles. The van der Waals surface area contributed by atoms with Crippen molar-refractivity contribution in [1.82, 2.24) is 4.98 Å². The van der Waals surface area contributed by atoms with Crippen molar-refractivity contribution in [3.05, 3.63) is 41.6 Å². The Morgan fingerprint density at radius 2 is 2.16 bits per heavy atom. The fourth-order valence-electron chi connectivity index (χ4n) is 2.11. The van der Waals surface area contributed by atoms with Crippen molar-refractivity contribution in [2.45, 2.75) is 12.5 Å². The second-order valence-electron chi connectivity index (χ2n) is 4.44. The Hall–Kier alpha value is -1.98. The molecule has 0 amide bonds. The molecular formula is C14H16N2O3. The smallest absolute Gasteiger partial charge is 0.333 e. The zero-order chi connectivity index (χ0) is 14.0. The first-order valence-corrected chi connectivity index (χ1v) is 5.88. The maximum Gasteiger partial charge on any atom is 0.333 e. The SMILES string of the molecule is COC(=O)[C@](N)(CO)c1cc2ccccc2nc1C. The van der Waals surface area contributed by atoms with Gasteiger partial charge in [-0.3, -0.25) is 4.98 Å². The first-order valence-electron chi connectivity index (χ1n) is 5.88. The Morgan fingerprint density at radius 1 is 1.47 bits per heavy atom. The number of nitrogens with zero attached hydrogens (tertiary/aromatic N) is 1. The number of ether oxygens (including phenoxy) is 1. The van der Waals surface area contributed by atoms with E-state index in [0.717, 1.165) is 10.9 Å². The third kappa shape index (κ3) is 2.18. The lowest BCUT2D eigenvalue weighted by atomic mass is 9.89. The van der Waals surface area contributed by atoms with E-state index in [1.165, 1.54) is 7.11 Å². The van der Waals surface area contributed by atoms with Gasteiger partial charge in [-0.25, -0.2) is 4.79 Å². The van der Waals surface area contributed by atoms with Crippen LogP contribution in [0, 0.1) is 6.92 Å². The van der Waals surface area contributed by atoms with Crippen LogP contribution in [0.5, 0.6) is 0 Å². The molecule has 0 aliphatic rings. The number of hydrogen-bond acceptors (Lipinski definition) is 5. The highest BCUT2D eigenvalue weighted by molar-refractivity contribution is 5.86. The van der Waals surface area contributed by atoms with Crippen LogP contribution in [-0.2, 0) is 15.1 Å². The second-order valence-corrected chi connectivity index (χ2v) is 4.44. The summed E-state index contributed by atoms with van der Waals surface area (Å²) in [5.74, 6) is -0.685. The molecule has 5 nitrogen and oxygen atoms in total. The van der Waals surface area contributed by atoms with Crippen LogP contribution >= 0.6 is 0 Å². The number of pyridine rings is 1. The lowest BCUT2D eigenvalue weighted by Gasteiger charge is -2.26. The van der Waals surface area contributed by atoms with Crippen LogP contribution in [0.1, 0.15) is 11.3 Å². The average Bonchev–Trinajstić information content (AvgIpc) is 2.44. The van der Waals surface area contributed by atoms with Crippen molar-refractivity contribution in [1.29, 1.82) is 0 Å². The van der Waals surface area contributed by atoms with Crippen LogP contribution in [0.3, 0.4) is 0 Å². The number of esters is 1. The van der Waals surface area contributed by atoms with E-state index in [2.05, 4.69) is 9.72 Å². The van der Waals surface area contributed by atoms with E-state index in [0.29, 0.717) is 11.3 Å². The van der Waals surface area contributed by atoms with Gasteiger partial charge in [0.1, 0.15) is 0 Å². The monoisotopic (exact) mass is 260 g/mol. The van der Waals surface area contributed by atoms with Crippen LogP contribution in [-0.4, -0.2) is 29.8 Å². The predicted molar refractivity (Wildman–Crippen MR) is 71.4 cm³/mol. The summed E-state index contributed by atoms with van der Waals surface area (Å²) in [4.78, 5) is 16.2. The maximum absolute atomic E-state index is 11.8. The van der Waals surface area contributed by atoms with E-state index in [1.807, 2.05) is 24.3 Å². The van der Waals surface area contributed by atoms with Gasteiger partial charge in [-0.05, 0) is 19.1 Å². The molecule has 1 aromatic heterocycles. The normalized spacial score (nSPS) is 14.1. The summed E-state index contributed by atoms with van der Waals surface area (Å²) in [6.07, 6.45) is 0. The third-order valence-corrected chi connectivity index (χ3v) is 3.19. The number of aliphatic hydroxyl groups is 1. The second kappa shape index (κ2) is 4.95. The number of fused-ring (bicyclic) bond motifs is 1. The highest BCUT2D eigenvalue weighted by Gasteiger charge is 2.38. The van der Waals surface area contributed by atoms with E-state index in [1.54, 1.807) is 13.0 Å². The number of aromatic nitrogens is 1. The average molecular weight is 260 g/mol. The number of methoxy groups -OCH3 is 1. The molecule has 1 aromatic carbocycles. The van der Waals surface area contributed by atoms with Crippen LogP contribution in [0.15, 0.2) is 30.3 Å². The molecule has 3 N–H and O–H groups in total. The number of benzene rings is 1. The summed E-state index contributed by atoms with van der Waals surface area (Å²) in [5, 5.41) is 10.3. The molecule has 5 heteroatoms. The van der Waals surface area contributed by atoms with Crippen LogP contribution in [0.4, 0.5) is 0 Å². The van der Waals surface area contributed by atoms with Crippen LogP contribution in [0.2, 0.25) is 0 Å². The number of rotatable bonds is 3. The molecule has 1 atom stereocenters. The summed E-state index contributed by atoms with van der Waals surface area (Å²) >= 11 is 0. The van der Waals surface area contributed by atoms with E-state index in [-0.39, 0.29) is 0 Å². The Morgan fingerprint density at radius 3 is 2.79 bits per heavy atom. The first kappa shape index (κ1) is 13.5. The van der Waals surface area contributed by atoms with E-state index in [9.17, 15) is 9.90 Å². The number of para-hydroxylation sites is 1. The Kier molecular flexibility index (Phi) is 3.50. The van der Waals surface area contributed by atoms with Crippen molar-refractivity contribution in [3.63, 3.8) is 0 Å². The quantitative estimate of drug-likeness (QED) is 0.799. The van der Waals surface area contributed by atoms with Crippen molar-refractivity contribution < 1.29 is 14.6 Å². The lowest BCUT2D eigenvalue weighted by molar-refractivity contribution is -0.149. The summed E-state index contributed by atoms with van der Waals surface area (Å²) in [6, 6.07) is 9.28. The molecule has 2 aromatic rings. The summed E-state index contributed by atoms with van der Waals surface area (Å²) < 4.78 is 4.68. The van der Waals surface area contributed by atoms with Crippen LogP contribution in [0.25, 0.3) is 10.9 Å². The molecule has 0 saturated carbocycles. The molecule has 0 radical (unpaired) electrons. The van der Waals surface area contributed by atoms with Gasteiger partial charge < -0.3 is 15.6 Å².